The van der Waals surface area contributed by atoms with Crippen molar-refractivity contribution < 1.29 is 34.1 Å². The Balaban J connectivity index is 1.82. The molecular formula is C21H24O7. The van der Waals surface area contributed by atoms with Gasteiger partial charge in [-0.3, -0.25) is 14.4 Å². The van der Waals surface area contributed by atoms with Crippen LogP contribution >= 0.6 is 0 Å². The lowest BCUT2D eigenvalue weighted by molar-refractivity contribution is -0.342. The van der Waals surface area contributed by atoms with E-state index in [0.29, 0.717) is 6.42 Å². The van der Waals surface area contributed by atoms with Crippen LogP contribution in [0.15, 0.2) is 11.6 Å². The standard InChI is InChI=1S/C21H24O7/c1-9-5-11(22)20(25)17(3)14-15(24)21(20,26)16(2)10-6-13(23)28-12(7-19(9,16)17)18(10,14)8-27-4/h5,10,12,14,25-26H,6-8H2,1-4H3. The van der Waals surface area contributed by atoms with Gasteiger partial charge >= 0.3 is 5.97 Å². The first-order valence-corrected chi connectivity index (χ1v) is 9.88. The van der Waals surface area contributed by atoms with Crippen LogP contribution in [-0.2, 0) is 23.9 Å². The number of Topliss-reactive ketones (excluding diaryl/α,β-unsaturated/α-hetero) is 1. The summed E-state index contributed by atoms with van der Waals surface area (Å²) in [7, 11) is 1.54. The van der Waals surface area contributed by atoms with E-state index < -0.39 is 62.4 Å². The maximum Gasteiger partial charge on any atom is 0.306 e. The molecule has 5 saturated carbocycles. The molecule has 6 fully saturated rings. The number of hydrogen-bond donors (Lipinski definition) is 2. The highest BCUT2D eigenvalue weighted by Crippen LogP contribution is 2.95. The molecule has 7 nitrogen and oxygen atoms in total. The van der Waals surface area contributed by atoms with Gasteiger partial charge in [-0.05, 0) is 25.3 Å². The summed E-state index contributed by atoms with van der Waals surface area (Å²) >= 11 is 0. The number of ketones is 2. The molecule has 9 atom stereocenters. The van der Waals surface area contributed by atoms with Crippen LogP contribution in [0.5, 0.6) is 0 Å². The van der Waals surface area contributed by atoms with Crippen LogP contribution in [0, 0.1) is 33.5 Å². The number of hydrogen-bond acceptors (Lipinski definition) is 7. The Kier molecular flexibility index (Phi) is 2.49. The number of allylic oxidation sites excluding steroid dienone is 1. The van der Waals surface area contributed by atoms with E-state index in [1.54, 1.807) is 21.0 Å². The highest BCUT2D eigenvalue weighted by molar-refractivity contribution is 6.15. The molecule has 8 bridgehead atoms. The van der Waals surface area contributed by atoms with Crippen LogP contribution in [0.2, 0.25) is 0 Å². The first kappa shape index (κ1) is 17.3. The third-order valence-electron chi connectivity index (χ3n) is 10.4. The van der Waals surface area contributed by atoms with Crippen LogP contribution in [0.4, 0.5) is 0 Å². The topological polar surface area (TPSA) is 110 Å². The minimum Gasteiger partial charge on any atom is -0.462 e. The quantitative estimate of drug-likeness (QED) is 0.649. The van der Waals surface area contributed by atoms with Gasteiger partial charge in [0.05, 0.1) is 6.61 Å². The minimum absolute atomic E-state index is 0.0395. The highest BCUT2D eigenvalue weighted by Gasteiger charge is 3.05. The van der Waals surface area contributed by atoms with Gasteiger partial charge in [0, 0.05) is 41.1 Å². The van der Waals surface area contributed by atoms with E-state index in [1.807, 2.05) is 6.92 Å². The Morgan fingerprint density at radius 3 is 2.50 bits per heavy atom. The van der Waals surface area contributed by atoms with Crippen LogP contribution in [0.3, 0.4) is 0 Å². The van der Waals surface area contributed by atoms with E-state index in [0.717, 1.165) is 5.57 Å². The number of methoxy groups -OCH3 is 1. The third kappa shape index (κ3) is 0.989. The van der Waals surface area contributed by atoms with Gasteiger partial charge in [-0.25, -0.2) is 0 Å². The molecular weight excluding hydrogens is 364 g/mol. The second-order valence-corrected chi connectivity index (χ2v) is 10.2. The van der Waals surface area contributed by atoms with Crippen molar-refractivity contribution in [2.45, 2.75) is 50.9 Å². The van der Waals surface area contributed by atoms with Crippen molar-refractivity contribution in [1.29, 1.82) is 0 Å². The Morgan fingerprint density at radius 1 is 1.18 bits per heavy atom. The van der Waals surface area contributed by atoms with E-state index in [4.69, 9.17) is 9.47 Å². The van der Waals surface area contributed by atoms with Gasteiger partial charge in [0.15, 0.2) is 22.8 Å². The summed E-state index contributed by atoms with van der Waals surface area (Å²) in [6, 6.07) is 0. The largest absolute Gasteiger partial charge is 0.462 e. The van der Waals surface area contributed by atoms with E-state index >= 15 is 0 Å². The van der Waals surface area contributed by atoms with Crippen LogP contribution in [0.25, 0.3) is 0 Å². The molecule has 7 aliphatic rings. The van der Waals surface area contributed by atoms with Gasteiger partial charge in [-0.1, -0.05) is 19.4 Å². The molecule has 0 amide bonds. The minimum atomic E-state index is -2.23. The Bertz CT molecular complexity index is 954. The molecule has 28 heavy (non-hydrogen) atoms. The monoisotopic (exact) mass is 388 g/mol. The van der Waals surface area contributed by atoms with Crippen molar-refractivity contribution in [1.82, 2.24) is 0 Å². The van der Waals surface area contributed by atoms with E-state index in [2.05, 4.69) is 0 Å². The van der Waals surface area contributed by atoms with Gasteiger partial charge in [-0.2, -0.15) is 0 Å². The zero-order valence-corrected chi connectivity index (χ0v) is 16.4. The highest BCUT2D eigenvalue weighted by atomic mass is 16.6. The molecule has 2 N–H and O–H groups in total. The molecule has 9 unspecified atom stereocenters. The Hall–Kier alpha value is -1.57. The first-order chi connectivity index (χ1) is 13.0. The van der Waals surface area contributed by atoms with Gasteiger partial charge < -0.3 is 19.7 Å². The van der Waals surface area contributed by atoms with Gasteiger partial charge in [0.1, 0.15) is 6.10 Å². The lowest BCUT2D eigenvalue weighted by Crippen LogP contribution is -2.84. The van der Waals surface area contributed by atoms with Crippen molar-refractivity contribution in [3.63, 3.8) is 0 Å². The number of esters is 1. The van der Waals surface area contributed by atoms with Crippen molar-refractivity contribution in [2.75, 3.05) is 13.7 Å². The van der Waals surface area contributed by atoms with Gasteiger partial charge in [-0.15, -0.1) is 0 Å². The Labute approximate surface area is 162 Å². The lowest BCUT2D eigenvalue weighted by atomic mass is 9.24. The Morgan fingerprint density at radius 2 is 1.86 bits per heavy atom. The average molecular weight is 388 g/mol. The summed E-state index contributed by atoms with van der Waals surface area (Å²) in [6.07, 6.45) is 1.27. The predicted octanol–water partition coefficient (Wildman–Crippen LogP) is 0.171. The maximum absolute atomic E-state index is 13.8. The molecule has 7 heteroatoms. The summed E-state index contributed by atoms with van der Waals surface area (Å²) in [4.78, 5) is 39.4. The number of rotatable bonds is 2. The van der Waals surface area contributed by atoms with E-state index in [1.165, 1.54) is 6.08 Å². The van der Waals surface area contributed by atoms with Crippen molar-refractivity contribution in [3.05, 3.63) is 11.6 Å². The first-order valence-electron chi connectivity index (χ1n) is 9.88. The van der Waals surface area contributed by atoms with Crippen molar-refractivity contribution in [3.8, 4) is 0 Å². The molecule has 1 aliphatic heterocycles. The summed E-state index contributed by atoms with van der Waals surface area (Å²) < 4.78 is 11.3. The summed E-state index contributed by atoms with van der Waals surface area (Å²) in [5.41, 5.74) is -7.67. The number of ether oxygens (including phenoxy) is 2. The van der Waals surface area contributed by atoms with Crippen LogP contribution in [0.1, 0.15) is 33.6 Å². The fourth-order valence-corrected chi connectivity index (χ4v) is 9.93. The molecule has 1 heterocycles. The zero-order valence-electron chi connectivity index (χ0n) is 16.4. The van der Waals surface area contributed by atoms with Crippen molar-refractivity contribution >= 4 is 17.5 Å². The van der Waals surface area contributed by atoms with Crippen LogP contribution in [-0.4, -0.2) is 58.8 Å². The lowest BCUT2D eigenvalue weighted by Gasteiger charge is -2.79. The molecule has 6 aliphatic carbocycles. The van der Waals surface area contributed by atoms with E-state index in [9.17, 15) is 24.6 Å². The molecule has 0 radical (unpaired) electrons. The SMILES string of the molecule is COCC12C3CC45C(C)=CC(=O)C6(O)C(O)(C(=O)C1C64C)C5(C)C2CC(=O)O3. The van der Waals surface area contributed by atoms with Crippen molar-refractivity contribution in [2.24, 2.45) is 33.5 Å². The van der Waals surface area contributed by atoms with Gasteiger partial charge in [0.2, 0.25) is 0 Å². The fourth-order valence-electron chi connectivity index (χ4n) is 9.93. The molecule has 150 valence electrons. The number of aliphatic hydroxyl groups is 2. The predicted molar refractivity (Wildman–Crippen MR) is 92.7 cm³/mol. The number of carbonyl (C=O) groups excluding carboxylic acids is 3. The number of carbonyl (C=O) groups is 3. The smallest absolute Gasteiger partial charge is 0.306 e. The molecule has 0 aromatic carbocycles. The molecule has 0 aromatic rings. The maximum atomic E-state index is 13.8. The summed E-state index contributed by atoms with van der Waals surface area (Å²) in [6.45, 7) is 5.61. The fraction of sp³-hybridized carbons (Fsp3) is 0.762. The molecule has 1 saturated heterocycles. The van der Waals surface area contributed by atoms with E-state index in [-0.39, 0.29) is 19.0 Å². The zero-order chi connectivity index (χ0) is 20.3. The molecule has 0 aromatic heterocycles. The second-order valence-electron chi connectivity index (χ2n) is 10.2. The second kappa shape index (κ2) is 4.02. The molecule has 1 spiro atoms. The summed E-state index contributed by atoms with van der Waals surface area (Å²) in [5.74, 6) is -2.71. The summed E-state index contributed by atoms with van der Waals surface area (Å²) in [5, 5.41) is 23.9. The average Bonchev–Trinajstić information content (AvgIpc) is 2.79. The van der Waals surface area contributed by atoms with Gasteiger partial charge in [0.25, 0.3) is 0 Å². The normalized spacial score (nSPS) is 62.4. The third-order valence-corrected chi connectivity index (χ3v) is 10.4. The van der Waals surface area contributed by atoms with Crippen LogP contribution < -0.4 is 0 Å². The molecule has 7 rings (SSSR count).